The summed E-state index contributed by atoms with van der Waals surface area (Å²) in [5.74, 6) is 0.0467. The molecule has 0 saturated carbocycles. The minimum Gasteiger partial charge on any atom is -0.444 e. The maximum atomic E-state index is 14.5. The summed E-state index contributed by atoms with van der Waals surface area (Å²) < 4.78 is 20.2. The van der Waals surface area contributed by atoms with E-state index in [0.717, 1.165) is 0 Å². The molecule has 3 atom stereocenters. The molecule has 0 unspecified atom stereocenters. The van der Waals surface area contributed by atoms with Crippen LogP contribution in [0.1, 0.15) is 44.2 Å². The van der Waals surface area contributed by atoms with E-state index < -0.39 is 11.8 Å². The molecule has 2 aliphatic rings. The van der Waals surface area contributed by atoms with Crippen LogP contribution in [-0.2, 0) is 4.74 Å². The van der Waals surface area contributed by atoms with Crippen LogP contribution in [-0.4, -0.2) is 59.4 Å². The van der Waals surface area contributed by atoms with E-state index >= 15 is 0 Å². The zero-order chi connectivity index (χ0) is 21.3. The number of carbonyl (C=O) groups is 1. The van der Waals surface area contributed by atoms with Crippen molar-refractivity contribution in [3.05, 3.63) is 71.8 Å². The minimum atomic E-state index is -0.858. The van der Waals surface area contributed by atoms with Crippen LogP contribution >= 0.6 is 0 Å². The number of rotatable bonds is 3. The number of piperazine rings is 1. The molecule has 4 nitrogen and oxygen atoms in total. The number of hydrogen-bond acceptors (Lipinski definition) is 3. The Hall–Kier alpha value is -2.40. The van der Waals surface area contributed by atoms with Crippen LogP contribution in [0.15, 0.2) is 60.7 Å². The molecule has 2 heterocycles. The molecule has 160 valence electrons. The number of fused-ring (bicyclic) bond motifs is 1. The zero-order valence-electron chi connectivity index (χ0n) is 18.0. The Labute approximate surface area is 178 Å². The quantitative estimate of drug-likeness (QED) is 0.725. The third-order valence-corrected chi connectivity index (χ3v) is 6.02. The summed E-state index contributed by atoms with van der Waals surface area (Å²) in [5, 5.41) is 0. The second kappa shape index (κ2) is 8.38. The van der Waals surface area contributed by atoms with Gasteiger partial charge >= 0.3 is 6.09 Å². The molecule has 30 heavy (non-hydrogen) atoms. The van der Waals surface area contributed by atoms with Gasteiger partial charge in [-0.3, -0.25) is 4.90 Å². The Morgan fingerprint density at radius 3 is 2.07 bits per heavy atom. The Morgan fingerprint density at radius 1 is 0.967 bits per heavy atom. The fourth-order valence-corrected chi connectivity index (χ4v) is 4.86. The standard InChI is InChI=1S/C25H31FN2O2/c1-25(2,3)30-24(29)27-16-21-14-20(26)15-28(21)22(17-27)23(18-10-6-4-7-11-18)19-12-8-5-9-13-19/h4-13,20-23H,14-17H2,1-3H3/t20-,21+,22+/m1/s1. The maximum absolute atomic E-state index is 14.5. The summed E-state index contributed by atoms with van der Waals surface area (Å²) in [6.45, 7) is 7.09. The van der Waals surface area contributed by atoms with Gasteiger partial charge in [-0.2, -0.15) is 0 Å². The molecule has 0 N–H and O–H groups in total. The molecule has 1 amide bonds. The highest BCUT2D eigenvalue weighted by Crippen LogP contribution is 2.38. The molecule has 5 heteroatoms. The van der Waals surface area contributed by atoms with E-state index in [-0.39, 0.29) is 24.1 Å². The van der Waals surface area contributed by atoms with Gasteiger partial charge in [0.2, 0.25) is 0 Å². The first-order valence-corrected chi connectivity index (χ1v) is 10.8. The summed E-state index contributed by atoms with van der Waals surface area (Å²) in [4.78, 5) is 17.0. The second-order valence-corrected chi connectivity index (χ2v) is 9.44. The number of hydrogen-bond donors (Lipinski definition) is 0. The largest absolute Gasteiger partial charge is 0.444 e. The third kappa shape index (κ3) is 4.51. The Morgan fingerprint density at radius 2 is 1.53 bits per heavy atom. The van der Waals surface area contributed by atoms with Gasteiger partial charge in [0.05, 0.1) is 0 Å². The fraction of sp³-hybridized carbons (Fsp3) is 0.480. The molecule has 0 aromatic heterocycles. The third-order valence-electron chi connectivity index (χ3n) is 6.02. The zero-order valence-corrected chi connectivity index (χ0v) is 18.0. The van der Waals surface area contributed by atoms with Crippen molar-refractivity contribution in [3.63, 3.8) is 0 Å². The highest BCUT2D eigenvalue weighted by atomic mass is 19.1. The maximum Gasteiger partial charge on any atom is 0.410 e. The molecule has 4 rings (SSSR count). The summed E-state index contributed by atoms with van der Waals surface area (Å²) in [5.41, 5.74) is 1.81. The van der Waals surface area contributed by atoms with Crippen molar-refractivity contribution >= 4 is 6.09 Å². The number of benzene rings is 2. The average Bonchev–Trinajstić information content (AvgIpc) is 3.09. The van der Waals surface area contributed by atoms with Crippen LogP contribution in [0.5, 0.6) is 0 Å². The molecule has 2 aromatic rings. The van der Waals surface area contributed by atoms with Crippen molar-refractivity contribution in [2.75, 3.05) is 19.6 Å². The summed E-state index contributed by atoms with van der Waals surface area (Å²) in [7, 11) is 0. The number of carbonyl (C=O) groups excluding carboxylic acids is 1. The van der Waals surface area contributed by atoms with Gasteiger partial charge in [-0.05, 0) is 38.3 Å². The van der Waals surface area contributed by atoms with Crippen LogP contribution in [0.3, 0.4) is 0 Å². The van der Waals surface area contributed by atoms with Crippen molar-refractivity contribution in [2.24, 2.45) is 0 Å². The monoisotopic (exact) mass is 410 g/mol. The molecular weight excluding hydrogens is 379 g/mol. The Bertz CT molecular complexity index is 813. The number of alkyl halides is 1. The van der Waals surface area contributed by atoms with E-state index in [9.17, 15) is 9.18 Å². The van der Waals surface area contributed by atoms with E-state index in [2.05, 4.69) is 29.2 Å². The van der Waals surface area contributed by atoms with Crippen LogP contribution in [0.25, 0.3) is 0 Å². The summed E-state index contributed by atoms with van der Waals surface area (Å²) in [6, 6.07) is 20.7. The number of nitrogens with zero attached hydrogens (tertiary/aromatic N) is 2. The van der Waals surface area contributed by atoms with Gasteiger partial charge in [-0.15, -0.1) is 0 Å². The van der Waals surface area contributed by atoms with E-state index in [4.69, 9.17) is 4.74 Å². The van der Waals surface area contributed by atoms with E-state index in [1.807, 2.05) is 57.2 Å². The van der Waals surface area contributed by atoms with E-state index in [1.165, 1.54) is 11.1 Å². The Balaban J connectivity index is 1.71. The van der Waals surface area contributed by atoms with Crippen LogP contribution < -0.4 is 0 Å². The lowest BCUT2D eigenvalue weighted by Gasteiger charge is -2.46. The molecule has 2 saturated heterocycles. The first-order valence-electron chi connectivity index (χ1n) is 10.8. The molecule has 2 aromatic carbocycles. The molecule has 0 spiro atoms. The lowest BCUT2D eigenvalue weighted by molar-refractivity contribution is -0.00677. The smallest absolute Gasteiger partial charge is 0.410 e. The number of amides is 1. The lowest BCUT2D eigenvalue weighted by atomic mass is 9.82. The molecule has 2 fully saturated rings. The normalized spacial score (nSPS) is 24.7. The van der Waals surface area contributed by atoms with Gasteiger partial charge in [0.25, 0.3) is 0 Å². The van der Waals surface area contributed by atoms with Crippen molar-refractivity contribution in [1.82, 2.24) is 9.80 Å². The highest BCUT2D eigenvalue weighted by Gasteiger charge is 2.46. The fourth-order valence-electron chi connectivity index (χ4n) is 4.86. The van der Waals surface area contributed by atoms with Crippen LogP contribution in [0.2, 0.25) is 0 Å². The first-order chi connectivity index (χ1) is 14.3. The molecule has 0 aliphatic carbocycles. The molecule has 0 bridgehead atoms. The van der Waals surface area contributed by atoms with E-state index in [0.29, 0.717) is 26.1 Å². The second-order valence-electron chi connectivity index (χ2n) is 9.44. The number of ether oxygens (including phenoxy) is 1. The predicted molar refractivity (Wildman–Crippen MR) is 116 cm³/mol. The lowest BCUT2D eigenvalue weighted by Crippen LogP contribution is -2.60. The van der Waals surface area contributed by atoms with Crippen molar-refractivity contribution in [3.8, 4) is 0 Å². The van der Waals surface area contributed by atoms with Gasteiger partial charge in [-0.25, -0.2) is 9.18 Å². The van der Waals surface area contributed by atoms with Crippen molar-refractivity contribution in [1.29, 1.82) is 0 Å². The minimum absolute atomic E-state index is 0.0122. The number of halogens is 1. The van der Waals surface area contributed by atoms with Gasteiger partial charge < -0.3 is 9.64 Å². The predicted octanol–water partition coefficient (Wildman–Crippen LogP) is 4.85. The first kappa shape index (κ1) is 20.9. The summed E-state index contributed by atoms with van der Waals surface area (Å²) >= 11 is 0. The van der Waals surface area contributed by atoms with Crippen LogP contribution in [0.4, 0.5) is 9.18 Å². The molecule has 2 aliphatic heterocycles. The summed E-state index contributed by atoms with van der Waals surface area (Å²) in [6.07, 6.45) is -0.704. The average molecular weight is 411 g/mol. The van der Waals surface area contributed by atoms with Gasteiger partial charge in [0.15, 0.2) is 0 Å². The van der Waals surface area contributed by atoms with Gasteiger partial charge in [-0.1, -0.05) is 60.7 Å². The SMILES string of the molecule is CC(C)(C)OC(=O)N1C[C@@H]2C[C@@H](F)CN2[C@H](C(c2ccccc2)c2ccccc2)C1. The topological polar surface area (TPSA) is 32.8 Å². The van der Waals surface area contributed by atoms with Crippen LogP contribution in [0, 0.1) is 0 Å². The molecular formula is C25H31FN2O2. The van der Waals surface area contributed by atoms with Gasteiger partial charge in [0, 0.05) is 37.6 Å². The van der Waals surface area contributed by atoms with Crippen molar-refractivity contribution in [2.45, 2.75) is 57.0 Å². The highest BCUT2D eigenvalue weighted by molar-refractivity contribution is 5.68. The van der Waals surface area contributed by atoms with Gasteiger partial charge in [0.1, 0.15) is 11.8 Å². The Kier molecular flexibility index (Phi) is 5.83. The molecule has 0 radical (unpaired) electrons. The van der Waals surface area contributed by atoms with Crippen molar-refractivity contribution < 1.29 is 13.9 Å². The van der Waals surface area contributed by atoms with E-state index in [1.54, 1.807) is 4.90 Å².